The first-order chi connectivity index (χ1) is 20.0. The molecule has 3 aromatic rings. The highest BCUT2D eigenvalue weighted by molar-refractivity contribution is 6.37. The molecule has 3 heterocycles. The minimum absolute atomic E-state index is 0.114. The number of carbonyl (C=O) groups excluding carboxylic acids is 1. The second-order valence-electron chi connectivity index (χ2n) is 10.8. The summed E-state index contributed by atoms with van der Waals surface area (Å²) in [5.41, 5.74) is 3.40. The number of hydrogen-bond donors (Lipinski definition) is 3. The number of ether oxygens (including phenoxy) is 1. The maximum absolute atomic E-state index is 13.4. The van der Waals surface area contributed by atoms with Crippen LogP contribution >= 0.6 is 11.6 Å². The Balaban J connectivity index is 0.000000612. The number of rotatable bonds is 4. The Bertz CT molecular complexity index is 1400. The zero-order valence-corrected chi connectivity index (χ0v) is 26.4. The van der Waals surface area contributed by atoms with E-state index < -0.39 is 5.60 Å². The van der Waals surface area contributed by atoms with Crippen molar-refractivity contribution in [2.45, 2.75) is 32.8 Å². The molecule has 10 heteroatoms. The Morgan fingerprint density at radius 3 is 2.26 bits per heavy atom. The van der Waals surface area contributed by atoms with Gasteiger partial charge in [0.15, 0.2) is 0 Å². The number of piperazine rings is 1. The summed E-state index contributed by atoms with van der Waals surface area (Å²) in [7, 11) is 4.84. The Morgan fingerprint density at radius 1 is 1.05 bits per heavy atom. The summed E-state index contributed by atoms with van der Waals surface area (Å²) in [5.74, 6) is 0.707. The fraction of sp³-hybridized carbons (Fsp3) is 0.438. The van der Waals surface area contributed by atoms with Gasteiger partial charge in [-0.25, -0.2) is 0 Å². The van der Waals surface area contributed by atoms with Crippen LogP contribution in [0.25, 0.3) is 21.9 Å². The first-order valence-electron chi connectivity index (χ1n) is 13.9. The van der Waals surface area contributed by atoms with E-state index in [1.54, 1.807) is 32.4 Å². The molecule has 0 unspecified atom stereocenters. The summed E-state index contributed by atoms with van der Waals surface area (Å²) in [6.07, 6.45) is 0.949. The van der Waals surface area contributed by atoms with Gasteiger partial charge in [-0.05, 0) is 57.5 Å². The zero-order valence-electron chi connectivity index (χ0n) is 25.7. The fourth-order valence-electron chi connectivity index (χ4n) is 4.81. The molecule has 1 fully saturated rings. The summed E-state index contributed by atoms with van der Waals surface area (Å²) in [6, 6.07) is 9.84. The molecule has 1 aromatic heterocycles. The number of nitrogens with one attached hydrogen (secondary N) is 1. The van der Waals surface area contributed by atoms with Crippen LogP contribution in [0.4, 0.5) is 11.4 Å². The summed E-state index contributed by atoms with van der Waals surface area (Å²) < 4.78 is 7.31. The van der Waals surface area contributed by atoms with Gasteiger partial charge in [-0.3, -0.25) is 4.79 Å². The van der Waals surface area contributed by atoms with Crippen molar-refractivity contribution < 1.29 is 19.7 Å². The highest BCUT2D eigenvalue weighted by Crippen LogP contribution is 2.44. The molecule has 2 aromatic carbocycles. The van der Waals surface area contributed by atoms with E-state index >= 15 is 0 Å². The molecule has 0 spiro atoms. The van der Waals surface area contributed by atoms with Gasteiger partial charge in [0.25, 0.3) is 5.56 Å². The molecule has 2 aliphatic heterocycles. The highest BCUT2D eigenvalue weighted by Gasteiger charge is 2.23. The molecule has 0 bridgehead atoms. The smallest absolute Gasteiger partial charge is 0.258 e. The van der Waals surface area contributed by atoms with Crippen LogP contribution in [0.2, 0.25) is 5.02 Å². The van der Waals surface area contributed by atoms with Gasteiger partial charge in [-0.1, -0.05) is 17.7 Å². The number of halogens is 1. The number of likely N-dealkylation sites (N-methyl/N-ethyl adjacent to an activating group) is 1. The van der Waals surface area contributed by atoms with Crippen LogP contribution in [-0.4, -0.2) is 85.1 Å². The summed E-state index contributed by atoms with van der Waals surface area (Å²) in [5, 5.41) is 20.8. The van der Waals surface area contributed by atoms with Crippen LogP contribution in [0.3, 0.4) is 0 Å². The number of aliphatic hydroxyl groups excluding tert-OH is 1. The number of aliphatic hydroxyl groups is 2. The number of anilines is 2. The fourth-order valence-corrected chi connectivity index (χ4v) is 5.12. The number of carbonyl (C=O) groups is 1. The van der Waals surface area contributed by atoms with Gasteiger partial charge in [0.05, 0.1) is 16.3 Å². The van der Waals surface area contributed by atoms with Gasteiger partial charge in [0, 0.05) is 81.2 Å². The number of benzene rings is 2. The van der Waals surface area contributed by atoms with Crippen molar-refractivity contribution in [2.75, 3.05) is 63.7 Å². The molecule has 3 N–H and O–H groups in total. The molecular formula is C32H45ClN4O5. The third kappa shape index (κ3) is 8.35. The number of fused-ring (bicyclic) bond motifs is 2. The van der Waals surface area contributed by atoms with Crippen molar-refractivity contribution in [3.8, 4) is 16.9 Å². The molecule has 42 heavy (non-hydrogen) atoms. The Morgan fingerprint density at radius 2 is 1.67 bits per heavy atom. The zero-order chi connectivity index (χ0) is 31.6. The van der Waals surface area contributed by atoms with Crippen LogP contribution in [0, 0.1) is 0 Å². The summed E-state index contributed by atoms with van der Waals surface area (Å²) in [6.45, 7) is 16.3. The van der Waals surface area contributed by atoms with Crippen LogP contribution < -0.4 is 20.5 Å². The molecule has 0 atom stereocenters. The van der Waals surface area contributed by atoms with Crippen LogP contribution in [0.1, 0.15) is 26.5 Å². The minimum Gasteiger partial charge on any atom is -0.490 e. The number of hydrogen-bond acceptors (Lipinski definition) is 8. The first-order valence-corrected chi connectivity index (χ1v) is 14.3. The lowest BCUT2D eigenvalue weighted by molar-refractivity contribution is -0.107. The third-order valence-electron chi connectivity index (χ3n) is 6.68. The molecule has 230 valence electrons. The van der Waals surface area contributed by atoms with E-state index in [0.717, 1.165) is 67.5 Å². The molecule has 0 radical (unpaired) electrons. The predicted octanol–water partition coefficient (Wildman–Crippen LogP) is 4.34. The lowest BCUT2D eigenvalue weighted by atomic mass is 9.94. The molecule has 1 saturated heterocycles. The number of aldehydes is 1. The lowest BCUT2D eigenvalue weighted by Gasteiger charge is -2.34. The van der Waals surface area contributed by atoms with Crippen molar-refractivity contribution in [1.29, 1.82) is 0 Å². The van der Waals surface area contributed by atoms with Crippen molar-refractivity contribution >= 4 is 40.0 Å². The topological polar surface area (TPSA) is 107 Å². The van der Waals surface area contributed by atoms with Gasteiger partial charge in [0.1, 0.15) is 18.6 Å². The Hall–Kier alpha value is -3.37. The van der Waals surface area contributed by atoms with Crippen LogP contribution in [0.5, 0.6) is 5.75 Å². The quantitative estimate of drug-likeness (QED) is 0.300. The van der Waals surface area contributed by atoms with E-state index in [2.05, 4.69) is 41.4 Å². The standard InChI is InChI=1S/C25H27ClN4O3.C4H10O.C2H4.CH4O/c1-28-9-11-30(12-10-28)16-3-4-17-19(15-16)25(32)29(2)20(7-13-31)22(17)18-5-6-21-24(23(18)26)27-8-14-33-21;1-4(2,3)5;2*1-2/h3-6,13,15,27H,7-12,14H2,1-2H3;5H,1-3H3;1-2H2;2H,1H3. The molecular weight excluding hydrogens is 556 g/mol. The van der Waals surface area contributed by atoms with Crippen molar-refractivity contribution in [3.63, 3.8) is 0 Å². The molecule has 5 rings (SSSR count). The van der Waals surface area contributed by atoms with Crippen LogP contribution in [-0.2, 0) is 18.3 Å². The van der Waals surface area contributed by atoms with Gasteiger partial charge >= 0.3 is 0 Å². The number of aromatic nitrogens is 1. The summed E-state index contributed by atoms with van der Waals surface area (Å²) >= 11 is 6.86. The van der Waals surface area contributed by atoms with E-state index in [1.165, 1.54) is 0 Å². The Labute approximate surface area is 254 Å². The monoisotopic (exact) mass is 600 g/mol. The lowest BCUT2D eigenvalue weighted by Crippen LogP contribution is -2.44. The maximum atomic E-state index is 13.4. The molecule has 0 aliphatic carbocycles. The predicted molar refractivity (Wildman–Crippen MR) is 174 cm³/mol. The van der Waals surface area contributed by atoms with E-state index in [0.29, 0.717) is 35.0 Å². The molecule has 9 nitrogen and oxygen atoms in total. The minimum atomic E-state index is -0.500. The van der Waals surface area contributed by atoms with Gasteiger partial charge in [-0.15, -0.1) is 13.2 Å². The average molecular weight is 601 g/mol. The van der Waals surface area contributed by atoms with Gasteiger partial charge in [-0.2, -0.15) is 0 Å². The Kier molecular flexibility index (Phi) is 13.1. The SMILES string of the molecule is C=C.CC(C)(C)O.CN1CCN(c2ccc3c(-c4ccc5c(c4Cl)NCCO5)c(CC=O)n(C)c(=O)c3c2)CC1.CO. The number of nitrogens with zero attached hydrogens (tertiary/aromatic N) is 3. The highest BCUT2D eigenvalue weighted by atomic mass is 35.5. The summed E-state index contributed by atoms with van der Waals surface area (Å²) in [4.78, 5) is 29.6. The van der Waals surface area contributed by atoms with E-state index in [-0.39, 0.29) is 12.0 Å². The number of pyridine rings is 1. The molecule has 0 amide bonds. The van der Waals surface area contributed by atoms with Crippen LogP contribution in [0.15, 0.2) is 48.3 Å². The molecule has 0 saturated carbocycles. The van der Waals surface area contributed by atoms with Gasteiger partial charge < -0.3 is 39.4 Å². The normalized spacial score (nSPS) is 14.5. The second-order valence-corrected chi connectivity index (χ2v) is 11.2. The van der Waals surface area contributed by atoms with Crippen molar-refractivity contribution in [1.82, 2.24) is 9.47 Å². The van der Waals surface area contributed by atoms with E-state index in [1.807, 2.05) is 24.3 Å². The van der Waals surface area contributed by atoms with Gasteiger partial charge in [0.2, 0.25) is 0 Å². The maximum Gasteiger partial charge on any atom is 0.258 e. The molecule has 2 aliphatic rings. The van der Waals surface area contributed by atoms with E-state index in [9.17, 15) is 9.59 Å². The van der Waals surface area contributed by atoms with Crippen molar-refractivity contribution in [2.24, 2.45) is 7.05 Å². The van der Waals surface area contributed by atoms with E-state index in [4.69, 9.17) is 26.6 Å². The second kappa shape index (κ2) is 15.7. The first kappa shape index (κ1) is 34.8. The van der Waals surface area contributed by atoms with Crippen molar-refractivity contribution in [3.05, 3.63) is 64.6 Å². The average Bonchev–Trinajstić information content (AvgIpc) is 2.98. The third-order valence-corrected chi connectivity index (χ3v) is 7.07. The largest absolute Gasteiger partial charge is 0.490 e.